The largest absolute Gasteiger partial charge is 0.457 e. The van der Waals surface area contributed by atoms with Crippen molar-refractivity contribution in [2.24, 2.45) is 5.41 Å². The van der Waals surface area contributed by atoms with Crippen molar-refractivity contribution in [2.75, 3.05) is 12.3 Å². The van der Waals surface area contributed by atoms with Crippen LogP contribution in [0, 0.1) is 5.41 Å². The van der Waals surface area contributed by atoms with Gasteiger partial charge in [0.05, 0.1) is 5.57 Å². The van der Waals surface area contributed by atoms with Gasteiger partial charge >= 0.3 is 11.9 Å². The van der Waals surface area contributed by atoms with Crippen molar-refractivity contribution < 1.29 is 28.7 Å². The average molecular weight is 537 g/mol. The van der Waals surface area contributed by atoms with E-state index in [2.05, 4.69) is 11.9 Å². The number of hydrogen-bond donors (Lipinski definition) is 1. The number of benzene rings is 2. The number of nitrogens with zero attached hydrogens (tertiary/aromatic N) is 1. The van der Waals surface area contributed by atoms with E-state index in [1.807, 2.05) is 60.7 Å². The third kappa shape index (κ3) is 5.48. The molecule has 2 heterocycles. The Hall–Kier alpha value is -3.59. The maximum atomic E-state index is 14.1. The number of β-lactam (4-membered cyclic amide) rings is 1. The molecule has 2 aliphatic heterocycles. The first-order chi connectivity index (χ1) is 17.9. The van der Waals surface area contributed by atoms with Gasteiger partial charge in [0.15, 0.2) is 6.10 Å². The van der Waals surface area contributed by atoms with Gasteiger partial charge in [0, 0.05) is 19.2 Å². The molecule has 4 rings (SSSR count). The van der Waals surface area contributed by atoms with Crippen molar-refractivity contribution in [1.82, 2.24) is 10.2 Å². The summed E-state index contributed by atoms with van der Waals surface area (Å²) in [6.45, 7) is 10.4. The molecule has 2 amide bonds. The minimum atomic E-state index is -1.54. The summed E-state index contributed by atoms with van der Waals surface area (Å²) in [7, 11) is 0. The minimum Gasteiger partial charge on any atom is -0.457 e. The number of hydrogen-bond acceptors (Lipinski definition) is 7. The number of carbonyl (C=O) groups is 4. The lowest BCUT2D eigenvalue weighted by molar-refractivity contribution is -0.167. The second-order valence-corrected chi connectivity index (χ2v) is 11.6. The number of amides is 2. The molecule has 0 radical (unpaired) electrons. The van der Waals surface area contributed by atoms with Crippen molar-refractivity contribution in [3.63, 3.8) is 0 Å². The number of carbonyl (C=O) groups excluding carboxylic acids is 4. The Labute approximate surface area is 226 Å². The number of nitrogens with one attached hydrogen (secondary N) is 1. The summed E-state index contributed by atoms with van der Waals surface area (Å²) in [6.07, 6.45) is -0.741. The Balaban J connectivity index is 1.68. The van der Waals surface area contributed by atoms with Crippen LogP contribution in [-0.4, -0.2) is 58.0 Å². The second-order valence-electron chi connectivity index (χ2n) is 10.5. The molecule has 2 aromatic rings. The van der Waals surface area contributed by atoms with Gasteiger partial charge in [-0.1, -0.05) is 67.2 Å². The highest BCUT2D eigenvalue weighted by molar-refractivity contribution is 8.00. The van der Waals surface area contributed by atoms with Crippen LogP contribution in [0.15, 0.2) is 72.8 Å². The van der Waals surface area contributed by atoms with Gasteiger partial charge in [-0.25, -0.2) is 4.79 Å². The third-order valence-electron chi connectivity index (χ3n) is 6.48. The number of esters is 2. The Morgan fingerprint density at radius 3 is 2.11 bits per heavy atom. The fourth-order valence-electron chi connectivity index (χ4n) is 4.56. The molecule has 2 fully saturated rings. The van der Waals surface area contributed by atoms with Gasteiger partial charge in [-0.05, 0) is 31.9 Å². The van der Waals surface area contributed by atoms with Crippen molar-refractivity contribution in [3.05, 3.63) is 83.9 Å². The van der Waals surface area contributed by atoms with Crippen molar-refractivity contribution in [3.8, 4) is 0 Å². The van der Waals surface area contributed by atoms with Crippen molar-refractivity contribution in [1.29, 1.82) is 0 Å². The minimum absolute atomic E-state index is 0.0703. The molecular formula is C29H32N2O6S. The number of rotatable bonds is 7. The Kier molecular flexibility index (Phi) is 7.69. The maximum Gasteiger partial charge on any atom is 0.335 e. The SMILES string of the molecule is C=C(C(=O)OC(C)(C)C)C1(C(=O)OC(c2ccccc2)c2ccccc2)CS[C@@H]2C(NC(C)=O)C(=O)N2C1. The van der Waals surface area contributed by atoms with Crippen molar-refractivity contribution >= 4 is 35.5 Å². The predicted molar refractivity (Wildman–Crippen MR) is 144 cm³/mol. The molecular weight excluding hydrogens is 504 g/mol. The second kappa shape index (κ2) is 10.6. The zero-order valence-electron chi connectivity index (χ0n) is 21.9. The van der Waals surface area contributed by atoms with E-state index in [1.165, 1.54) is 23.6 Å². The van der Waals surface area contributed by atoms with Gasteiger partial charge in [-0.15, -0.1) is 11.8 Å². The summed E-state index contributed by atoms with van der Waals surface area (Å²) in [4.78, 5) is 53.3. The van der Waals surface area contributed by atoms with E-state index in [9.17, 15) is 19.2 Å². The summed E-state index contributed by atoms with van der Waals surface area (Å²) in [6, 6.07) is 18.0. The van der Waals surface area contributed by atoms with Gasteiger partial charge in [-0.3, -0.25) is 14.4 Å². The van der Waals surface area contributed by atoms with Gasteiger partial charge < -0.3 is 19.7 Å². The van der Waals surface area contributed by atoms with Gasteiger partial charge in [0.2, 0.25) is 11.8 Å². The van der Waals surface area contributed by atoms with Crippen LogP contribution in [0.5, 0.6) is 0 Å². The van der Waals surface area contributed by atoms with E-state index in [1.54, 1.807) is 20.8 Å². The molecule has 1 N–H and O–H groups in total. The maximum absolute atomic E-state index is 14.1. The molecule has 3 atom stereocenters. The van der Waals surface area contributed by atoms with Crippen LogP contribution in [-0.2, 0) is 28.7 Å². The summed E-state index contributed by atoms with van der Waals surface area (Å²) in [5, 5.41) is 2.31. The number of thioether (sulfide) groups is 1. The van der Waals surface area contributed by atoms with Crippen LogP contribution >= 0.6 is 11.8 Å². The molecule has 8 nitrogen and oxygen atoms in total. The molecule has 0 bridgehead atoms. The zero-order valence-corrected chi connectivity index (χ0v) is 22.7. The summed E-state index contributed by atoms with van der Waals surface area (Å²) in [5.41, 5.74) is -0.898. The van der Waals surface area contributed by atoms with Crippen molar-refractivity contribution in [2.45, 2.75) is 50.8 Å². The summed E-state index contributed by atoms with van der Waals surface area (Å²) >= 11 is 1.31. The zero-order chi connectivity index (χ0) is 27.7. The highest BCUT2D eigenvalue weighted by Gasteiger charge is 2.60. The van der Waals surface area contributed by atoms with Crippen LogP contribution < -0.4 is 5.32 Å². The molecule has 2 aromatic carbocycles. The highest BCUT2D eigenvalue weighted by Crippen LogP contribution is 2.47. The molecule has 2 aliphatic rings. The van der Waals surface area contributed by atoms with E-state index in [-0.39, 0.29) is 35.1 Å². The first-order valence-electron chi connectivity index (χ1n) is 12.4. The lowest BCUT2D eigenvalue weighted by Crippen LogP contribution is -2.74. The van der Waals surface area contributed by atoms with Gasteiger partial charge in [0.1, 0.15) is 22.4 Å². The molecule has 200 valence electrons. The number of ether oxygens (including phenoxy) is 2. The summed E-state index contributed by atoms with van der Waals surface area (Å²) < 4.78 is 11.7. The van der Waals surface area contributed by atoms with E-state index in [0.29, 0.717) is 0 Å². The topological polar surface area (TPSA) is 102 Å². The molecule has 38 heavy (non-hydrogen) atoms. The number of fused-ring (bicyclic) bond motifs is 1. The van der Waals surface area contributed by atoms with E-state index >= 15 is 0 Å². The predicted octanol–water partition coefficient (Wildman–Crippen LogP) is 3.62. The first-order valence-corrected chi connectivity index (χ1v) is 13.4. The molecule has 0 saturated carbocycles. The molecule has 2 saturated heterocycles. The van der Waals surface area contributed by atoms with Crippen LogP contribution in [0.2, 0.25) is 0 Å². The highest BCUT2D eigenvalue weighted by atomic mass is 32.2. The first kappa shape index (κ1) is 27.4. The fourth-order valence-corrected chi connectivity index (χ4v) is 6.14. The van der Waals surface area contributed by atoms with Gasteiger partial charge in [-0.2, -0.15) is 0 Å². The Morgan fingerprint density at radius 1 is 1.05 bits per heavy atom. The van der Waals surface area contributed by atoms with Gasteiger partial charge in [0.25, 0.3) is 0 Å². The smallest absolute Gasteiger partial charge is 0.335 e. The molecule has 0 aromatic heterocycles. The molecule has 0 aliphatic carbocycles. The van der Waals surface area contributed by atoms with Crippen LogP contribution in [0.25, 0.3) is 0 Å². The lowest BCUT2D eigenvalue weighted by atomic mass is 9.80. The standard InChI is InChI=1S/C29H32N2O6S/c1-18(26(34)37-28(3,4)5)29(16-31-24(33)22(30-19(2)32)25(31)38-17-29)27(35)36-23(20-12-8-6-9-13-20)21-14-10-7-11-15-21/h6-15,22-23,25H,1,16-17H2,2-5H3,(H,30,32)/t22?,25-,29?/m1/s1. The Morgan fingerprint density at radius 2 is 1.61 bits per heavy atom. The molecule has 9 heteroatoms. The fraction of sp³-hybridized carbons (Fsp3) is 0.379. The van der Waals surface area contributed by atoms with Crippen LogP contribution in [0.1, 0.15) is 44.9 Å². The summed E-state index contributed by atoms with van der Waals surface area (Å²) in [5.74, 6) is -1.91. The molecule has 0 spiro atoms. The average Bonchev–Trinajstić information content (AvgIpc) is 2.89. The normalized spacial score (nSPS) is 22.7. The van der Waals surface area contributed by atoms with E-state index in [4.69, 9.17) is 9.47 Å². The Bertz CT molecular complexity index is 1200. The third-order valence-corrected chi connectivity index (χ3v) is 8.01. The lowest BCUT2D eigenvalue weighted by Gasteiger charge is -2.54. The van der Waals surface area contributed by atoms with Crippen LogP contribution in [0.3, 0.4) is 0 Å². The molecule has 2 unspecified atom stereocenters. The quantitative estimate of drug-likeness (QED) is 0.328. The van der Waals surface area contributed by atoms with E-state index in [0.717, 1.165) is 11.1 Å². The monoisotopic (exact) mass is 536 g/mol. The van der Waals surface area contributed by atoms with E-state index < -0.39 is 35.1 Å². The van der Waals surface area contributed by atoms with Crippen LogP contribution in [0.4, 0.5) is 0 Å².